The van der Waals surface area contributed by atoms with Gasteiger partial charge in [0, 0.05) is 29.9 Å². The van der Waals surface area contributed by atoms with Crippen molar-refractivity contribution in [3.63, 3.8) is 0 Å². The molecule has 126 valence electrons. The van der Waals surface area contributed by atoms with Crippen molar-refractivity contribution in [3.05, 3.63) is 41.2 Å². The molecule has 1 fully saturated rings. The number of anilines is 1. The molecule has 0 aliphatic carbocycles. The van der Waals surface area contributed by atoms with Crippen LogP contribution >= 0.6 is 11.3 Å². The summed E-state index contributed by atoms with van der Waals surface area (Å²) in [5.41, 5.74) is 1.52. The van der Waals surface area contributed by atoms with Crippen molar-refractivity contribution >= 4 is 28.3 Å². The second-order valence-corrected chi connectivity index (χ2v) is 6.97. The number of aromatic nitrogens is 2. The molecule has 1 saturated heterocycles. The van der Waals surface area contributed by atoms with Gasteiger partial charge < -0.3 is 10.2 Å². The van der Waals surface area contributed by atoms with Crippen molar-refractivity contribution in [2.45, 2.75) is 38.6 Å². The first-order valence-electron chi connectivity index (χ1n) is 8.03. The van der Waals surface area contributed by atoms with Crippen molar-refractivity contribution in [1.29, 1.82) is 0 Å². The number of hydrogen-bond donors (Lipinski definition) is 1. The fraction of sp³-hybridized carbons (Fsp3) is 0.412. The third-order valence-corrected chi connectivity index (χ3v) is 4.86. The number of nitrogens with one attached hydrogen (secondary N) is 1. The van der Waals surface area contributed by atoms with Crippen LogP contribution in [0, 0.1) is 0 Å². The Balaban J connectivity index is 1.70. The molecule has 0 radical (unpaired) electrons. The van der Waals surface area contributed by atoms with Gasteiger partial charge in [0.25, 0.3) is 5.91 Å². The van der Waals surface area contributed by atoms with Crippen LogP contribution in [0.3, 0.4) is 0 Å². The summed E-state index contributed by atoms with van der Waals surface area (Å²) in [5.74, 6) is 0.0276. The molecule has 7 heteroatoms. The number of carbonyl (C=O) groups is 2. The van der Waals surface area contributed by atoms with E-state index in [4.69, 9.17) is 0 Å². The molecule has 0 bridgehead atoms. The highest BCUT2D eigenvalue weighted by atomic mass is 32.1. The van der Waals surface area contributed by atoms with E-state index < -0.39 is 6.04 Å². The lowest BCUT2D eigenvalue weighted by Crippen LogP contribution is -2.43. The van der Waals surface area contributed by atoms with Crippen LogP contribution in [0.2, 0.25) is 0 Å². The van der Waals surface area contributed by atoms with Crippen LogP contribution in [0.4, 0.5) is 5.13 Å². The molecular weight excluding hydrogens is 324 g/mol. The third kappa shape index (κ3) is 3.46. The minimum atomic E-state index is -0.447. The van der Waals surface area contributed by atoms with Crippen LogP contribution in [-0.4, -0.2) is 39.3 Å². The zero-order chi connectivity index (χ0) is 17.1. The smallest absolute Gasteiger partial charge is 0.254 e. The number of thiazole rings is 1. The van der Waals surface area contributed by atoms with Crippen LogP contribution in [0.25, 0.3) is 0 Å². The third-order valence-electron chi connectivity index (χ3n) is 4.09. The highest BCUT2D eigenvalue weighted by molar-refractivity contribution is 7.13. The van der Waals surface area contributed by atoms with E-state index in [1.165, 1.54) is 11.3 Å². The van der Waals surface area contributed by atoms with Gasteiger partial charge in [0.2, 0.25) is 5.91 Å². The topological polar surface area (TPSA) is 75.2 Å². The fourth-order valence-electron chi connectivity index (χ4n) is 2.74. The molecule has 2 aromatic heterocycles. The fourth-order valence-corrected chi connectivity index (χ4v) is 3.62. The summed E-state index contributed by atoms with van der Waals surface area (Å²) in [6.45, 7) is 4.72. The standard InChI is InChI=1S/C17H20N4O2S/c1-11(2)13-10-24-17(19-13)20-15(22)14-4-3-9-21(14)16(23)12-5-7-18-8-6-12/h5-8,10-11,14H,3-4,9H2,1-2H3,(H,19,20,22)/t14-/m1/s1. The molecule has 2 aromatic rings. The summed E-state index contributed by atoms with van der Waals surface area (Å²) in [5, 5.41) is 5.40. The molecule has 3 rings (SSSR count). The Bertz CT molecular complexity index is 729. The number of amides is 2. The quantitative estimate of drug-likeness (QED) is 0.925. The van der Waals surface area contributed by atoms with Crippen molar-refractivity contribution in [2.24, 2.45) is 0 Å². The zero-order valence-electron chi connectivity index (χ0n) is 13.7. The van der Waals surface area contributed by atoms with Crippen molar-refractivity contribution in [3.8, 4) is 0 Å². The minimum absolute atomic E-state index is 0.128. The van der Waals surface area contributed by atoms with E-state index in [0.717, 1.165) is 12.1 Å². The molecule has 0 spiro atoms. The van der Waals surface area contributed by atoms with Crippen LogP contribution in [0.15, 0.2) is 29.9 Å². The molecule has 0 saturated carbocycles. The molecule has 0 aromatic carbocycles. The van der Waals surface area contributed by atoms with Crippen molar-refractivity contribution in [1.82, 2.24) is 14.9 Å². The summed E-state index contributed by atoms with van der Waals surface area (Å²) in [7, 11) is 0. The molecule has 0 unspecified atom stereocenters. The van der Waals surface area contributed by atoms with E-state index in [-0.39, 0.29) is 11.8 Å². The normalized spacial score (nSPS) is 17.3. The molecule has 2 amide bonds. The van der Waals surface area contributed by atoms with E-state index in [2.05, 4.69) is 29.1 Å². The molecule has 24 heavy (non-hydrogen) atoms. The molecule has 1 N–H and O–H groups in total. The highest BCUT2D eigenvalue weighted by Gasteiger charge is 2.34. The summed E-state index contributed by atoms with van der Waals surface area (Å²) in [6.07, 6.45) is 4.66. The Labute approximate surface area is 144 Å². The maximum absolute atomic E-state index is 12.6. The first-order valence-corrected chi connectivity index (χ1v) is 8.91. The molecular formula is C17H20N4O2S. The van der Waals surface area contributed by atoms with E-state index in [1.807, 2.05) is 5.38 Å². The average molecular weight is 344 g/mol. The first-order chi connectivity index (χ1) is 11.6. The lowest BCUT2D eigenvalue weighted by atomic mass is 10.2. The maximum Gasteiger partial charge on any atom is 0.254 e. The SMILES string of the molecule is CC(C)c1csc(NC(=O)[C@H]2CCCN2C(=O)c2ccncc2)n1. The lowest BCUT2D eigenvalue weighted by Gasteiger charge is -2.23. The highest BCUT2D eigenvalue weighted by Crippen LogP contribution is 2.24. The Morgan fingerprint density at radius 1 is 1.33 bits per heavy atom. The molecule has 1 atom stereocenters. The van der Waals surface area contributed by atoms with Crippen LogP contribution < -0.4 is 5.32 Å². The number of likely N-dealkylation sites (tertiary alicyclic amines) is 1. The minimum Gasteiger partial charge on any atom is -0.327 e. The van der Waals surface area contributed by atoms with Crippen LogP contribution in [-0.2, 0) is 4.79 Å². The summed E-state index contributed by atoms with van der Waals surface area (Å²) in [6, 6.07) is 2.90. The van der Waals surface area contributed by atoms with Crippen LogP contribution in [0.5, 0.6) is 0 Å². The predicted octanol–water partition coefficient (Wildman–Crippen LogP) is 2.90. The van der Waals surface area contributed by atoms with Gasteiger partial charge in [-0.2, -0.15) is 0 Å². The molecule has 1 aliphatic heterocycles. The van der Waals surface area contributed by atoms with Crippen LogP contribution in [0.1, 0.15) is 48.7 Å². The second kappa shape index (κ2) is 7.09. The Morgan fingerprint density at radius 3 is 2.75 bits per heavy atom. The predicted molar refractivity (Wildman–Crippen MR) is 93.1 cm³/mol. The molecule has 3 heterocycles. The number of hydrogen-bond acceptors (Lipinski definition) is 5. The van der Waals surface area contributed by atoms with Gasteiger partial charge in [0.05, 0.1) is 5.69 Å². The second-order valence-electron chi connectivity index (χ2n) is 6.11. The van der Waals surface area contributed by atoms with Gasteiger partial charge in [0.1, 0.15) is 6.04 Å². The number of pyridine rings is 1. The van der Waals surface area contributed by atoms with Gasteiger partial charge in [-0.3, -0.25) is 14.6 Å². The summed E-state index contributed by atoms with van der Waals surface area (Å²) >= 11 is 1.42. The lowest BCUT2D eigenvalue weighted by molar-refractivity contribution is -0.119. The zero-order valence-corrected chi connectivity index (χ0v) is 14.5. The molecule has 1 aliphatic rings. The van der Waals surface area contributed by atoms with Crippen molar-refractivity contribution in [2.75, 3.05) is 11.9 Å². The first kappa shape index (κ1) is 16.6. The average Bonchev–Trinajstić information content (AvgIpc) is 3.24. The number of carbonyl (C=O) groups excluding carboxylic acids is 2. The van der Waals surface area contributed by atoms with Gasteiger partial charge in [-0.05, 0) is 30.9 Å². The summed E-state index contributed by atoms with van der Waals surface area (Å²) in [4.78, 5) is 35.2. The van der Waals surface area contributed by atoms with Gasteiger partial charge >= 0.3 is 0 Å². The van der Waals surface area contributed by atoms with E-state index in [1.54, 1.807) is 29.4 Å². The van der Waals surface area contributed by atoms with Gasteiger partial charge in [0.15, 0.2) is 5.13 Å². The van der Waals surface area contributed by atoms with E-state index in [0.29, 0.717) is 29.6 Å². The van der Waals surface area contributed by atoms with E-state index in [9.17, 15) is 9.59 Å². The van der Waals surface area contributed by atoms with Gasteiger partial charge in [-0.1, -0.05) is 13.8 Å². The number of rotatable bonds is 4. The Hall–Kier alpha value is -2.28. The Morgan fingerprint density at radius 2 is 2.08 bits per heavy atom. The summed E-state index contributed by atoms with van der Waals surface area (Å²) < 4.78 is 0. The Kier molecular flexibility index (Phi) is 4.89. The molecule has 6 nitrogen and oxygen atoms in total. The maximum atomic E-state index is 12.6. The van der Waals surface area contributed by atoms with E-state index >= 15 is 0 Å². The van der Waals surface area contributed by atoms with Gasteiger partial charge in [-0.15, -0.1) is 11.3 Å². The number of nitrogens with zero attached hydrogens (tertiary/aromatic N) is 3. The van der Waals surface area contributed by atoms with Gasteiger partial charge in [-0.25, -0.2) is 4.98 Å². The monoisotopic (exact) mass is 344 g/mol. The van der Waals surface area contributed by atoms with Crippen molar-refractivity contribution < 1.29 is 9.59 Å². The largest absolute Gasteiger partial charge is 0.327 e.